The molecule has 0 atom stereocenters. The SMILES string of the molecule is Cc1ccc(CNC(=O)c2cncc(C(=O)Nc3ccc(C(C)C)cc3)c2)cc1. The van der Waals surface area contributed by atoms with Gasteiger partial charge in [0, 0.05) is 24.6 Å². The van der Waals surface area contributed by atoms with Crippen molar-refractivity contribution >= 4 is 17.5 Å². The van der Waals surface area contributed by atoms with E-state index in [4.69, 9.17) is 0 Å². The summed E-state index contributed by atoms with van der Waals surface area (Å²) in [6, 6.07) is 17.2. The molecule has 29 heavy (non-hydrogen) atoms. The number of aromatic nitrogens is 1. The minimum atomic E-state index is -0.303. The van der Waals surface area contributed by atoms with E-state index >= 15 is 0 Å². The van der Waals surface area contributed by atoms with E-state index in [-0.39, 0.29) is 11.8 Å². The van der Waals surface area contributed by atoms with E-state index in [1.807, 2.05) is 55.5 Å². The largest absolute Gasteiger partial charge is 0.348 e. The number of carbonyl (C=O) groups excluding carboxylic acids is 2. The van der Waals surface area contributed by atoms with Crippen LogP contribution in [0.25, 0.3) is 0 Å². The Morgan fingerprint density at radius 2 is 1.52 bits per heavy atom. The van der Waals surface area contributed by atoms with Gasteiger partial charge in [-0.2, -0.15) is 0 Å². The van der Waals surface area contributed by atoms with Crippen LogP contribution in [0.15, 0.2) is 67.0 Å². The van der Waals surface area contributed by atoms with Crippen LogP contribution in [0.5, 0.6) is 0 Å². The number of amides is 2. The van der Waals surface area contributed by atoms with Crippen LogP contribution in [-0.4, -0.2) is 16.8 Å². The van der Waals surface area contributed by atoms with E-state index < -0.39 is 0 Å². The van der Waals surface area contributed by atoms with E-state index in [0.29, 0.717) is 29.3 Å². The fraction of sp³-hybridized carbons (Fsp3) is 0.208. The van der Waals surface area contributed by atoms with Crippen molar-refractivity contribution in [1.82, 2.24) is 10.3 Å². The molecule has 1 heterocycles. The molecule has 0 bridgehead atoms. The maximum absolute atomic E-state index is 12.5. The maximum Gasteiger partial charge on any atom is 0.257 e. The van der Waals surface area contributed by atoms with Crippen molar-refractivity contribution < 1.29 is 9.59 Å². The number of benzene rings is 2. The number of hydrogen-bond donors (Lipinski definition) is 2. The van der Waals surface area contributed by atoms with Gasteiger partial charge in [-0.05, 0) is 42.2 Å². The topological polar surface area (TPSA) is 71.1 Å². The first-order valence-corrected chi connectivity index (χ1v) is 9.62. The van der Waals surface area contributed by atoms with Crippen molar-refractivity contribution in [2.75, 3.05) is 5.32 Å². The van der Waals surface area contributed by atoms with Crippen molar-refractivity contribution in [3.8, 4) is 0 Å². The van der Waals surface area contributed by atoms with Gasteiger partial charge in [0.2, 0.25) is 0 Å². The number of carbonyl (C=O) groups is 2. The summed E-state index contributed by atoms with van der Waals surface area (Å²) in [5.74, 6) is -0.143. The van der Waals surface area contributed by atoms with Crippen LogP contribution < -0.4 is 10.6 Å². The van der Waals surface area contributed by atoms with E-state index in [0.717, 1.165) is 5.56 Å². The van der Waals surface area contributed by atoms with Crippen LogP contribution in [0, 0.1) is 6.92 Å². The molecule has 0 aliphatic rings. The first-order valence-electron chi connectivity index (χ1n) is 9.62. The third-order valence-electron chi connectivity index (χ3n) is 4.67. The van der Waals surface area contributed by atoms with Crippen LogP contribution in [0.2, 0.25) is 0 Å². The van der Waals surface area contributed by atoms with Crippen molar-refractivity contribution in [1.29, 1.82) is 0 Å². The molecule has 3 aromatic rings. The Hall–Kier alpha value is -3.47. The second-order valence-corrected chi connectivity index (χ2v) is 7.36. The van der Waals surface area contributed by atoms with Crippen LogP contribution in [0.1, 0.15) is 57.2 Å². The lowest BCUT2D eigenvalue weighted by molar-refractivity contribution is 0.0950. The van der Waals surface area contributed by atoms with Crippen LogP contribution in [-0.2, 0) is 6.54 Å². The number of pyridine rings is 1. The van der Waals surface area contributed by atoms with Crippen molar-refractivity contribution in [2.45, 2.75) is 33.2 Å². The molecule has 0 radical (unpaired) electrons. The van der Waals surface area contributed by atoms with Gasteiger partial charge in [-0.1, -0.05) is 55.8 Å². The summed E-state index contributed by atoms with van der Waals surface area (Å²) >= 11 is 0. The van der Waals surface area contributed by atoms with Crippen LogP contribution in [0.3, 0.4) is 0 Å². The predicted molar refractivity (Wildman–Crippen MR) is 115 cm³/mol. The molecule has 5 nitrogen and oxygen atoms in total. The van der Waals surface area contributed by atoms with Gasteiger partial charge in [-0.25, -0.2) is 0 Å². The van der Waals surface area contributed by atoms with Crippen LogP contribution >= 0.6 is 0 Å². The normalized spacial score (nSPS) is 10.6. The Morgan fingerprint density at radius 3 is 2.14 bits per heavy atom. The minimum absolute atomic E-state index is 0.269. The molecular weight excluding hydrogens is 362 g/mol. The molecular formula is C24H25N3O2. The molecule has 0 aliphatic heterocycles. The number of aryl methyl sites for hydroxylation is 1. The van der Waals surface area contributed by atoms with Gasteiger partial charge >= 0.3 is 0 Å². The summed E-state index contributed by atoms with van der Waals surface area (Å²) in [7, 11) is 0. The Labute approximate surface area is 171 Å². The lowest BCUT2D eigenvalue weighted by Crippen LogP contribution is -2.23. The van der Waals surface area contributed by atoms with Gasteiger partial charge in [0.25, 0.3) is 11.8 Å². The molecule has 3 rings (SSSR count). The monoisotopic (exact) mass is 387 g/mol. The molecule has 2 aromatic carbocycles. The van der Waals surface area contributed by atoms with Gasteiger partial charge in [0.15, 0.2) is 0 Å². The summed E-state index contributed by atoms with van der Waals surface area (Å²) < 4.78 is 0. The number of hydrogen-bond acceptors (Lipinski definition) is 3. The molecule has 0 unspecified atom stereocenters. The first kappa shape index (κ1) is 20.3. The van der Waals surface area contributed by atoms with Gasteiger partial charge in [0.05, 0.1) is 11.1 Å². The zero-order chi connectivity index (χ0) is 20.8. The van der Waals surface area contributed by atoms with E-state index in [1.165, 1.54) is 23.5 Å². The van der Waals surface area contributed by atoms with E-state index in [1.54, 1.807) is 6.07 Å². The lowest BCUT2D eigenvalue weighted by Gasteiger charge is -2.09. The average Bonchev–Trinajstić information content (AvgIpc) is 2.73. The maximum atomic E-state index is 12.5. The summed E-state index contributed by atoms with van der Waals surface area (Å²) in [5, 5.41) is 5.70. The summed E-state index contributed by atoms with van der Waals surface area (Å²) in [5.41, 5.74) is 4.77. The van der Waals surface area contributed by atoms with Gasteiger partial charge in [0.1, 0.15) is 0 Å². The van der Waals surface area contributed by atoms with Crippen LogP contribution in [0.4, 0.5) is 5.69 Å². The highest BCUT2D eigenvalue weighted by Crippen LogP contribution is 2.18. The number of rotatable bonds is 6. The lowest BCUT2D eigenvalue weighted by atomic mass is 10.0. The molecule has 148 valence electrons. The third kappa shape index (κ3) is 5.51. The number of anilines is 1. The van der Waals surface area contributed by atoms with Crippen molar-refractivity contribution in [2.24, 2.45) is 0 Å². The Bertz CT molecular complexity index is 993. The van der Waals surface area contributed by atoms with Gasteiger partial charge in [-0.15, -0.1) is 0 Å². The molecule has 0 saturated heterocycles. The zero-order valence-electron chi connectivity index (χ0n) is 16.9. The third-order valence-corrected chi connectivity index (χ3v) is 4.67. The Morgan fingerprint density at radius 1 is 0.897 bits per heavy atom. The summed E-state index contributed by atoms with van der Waals surface area (Å²) in [6.07, 6.45) is 2.91. The minimum Gasteiger partial charge on any atom is -0.348 e. The number of nitrogens with one attached hydrogen (secondary N) is 2. The predicted octanol–water partition coefficient (Wildman–Crippen LogP) is 4.70. The zero-order valence-corrected chi connectivity index (χ0v) is 16.9. The van der Waals surface area contributed by atoms with Crippen molar-refractivity contribution in [3.05, 3.63) is 94.8 Å². The fourth-order valence-corrected chi connectivity index (χ4v) is 2.83. The van der Waals surface area contributed by atoms with Crippen molar-refractivity contribution in [3.63, 3.8) is 0 Å². The molecule has 5 heteroatoms. The Balaban J connectivity index is 1.63. The quantitative estimate of drug-likeness (QED) is 0.644. The highest BCUT2D eigenvalue weighted by atomic mass is 16.2. The molecule has 0 spiro atoms. The molecule has 1 aromatic heterocycles. The van der Waals surface area contributed by atoms with Gasteiger partial charge in [-0.3, -0.25) is 14.6 Å². The summed E-state index contributed by atoms with van der Waals surface area (Å²) in [6.45, 7) is 6.67. The molecule has 0 aliphatic carbocycles. The van der Waals surface area contributed by atoms with Gasteiger partial charge < -0.3 is 10.6 Å². The molecule has 2 N–H and O–H groups in total. The molecule has 0 fully saturated rings. The molecule has 0 saturated carbocycles. The highest BCUT2D eigenvalue weighted by molar-refractivity contribution is 6.05. The summed E-state index contributed by atoms with van der Waals surface area (Å²) in [4.78, 5) is 29.0. The highest BCUT2D eigenvalue weighted by Gasteiger charge is 2.12. The van der Waals surface area contributed by atoms with E-state index in [9.17, 15) is 9.59 Å². The smallest absolute Gasteiger partial charge is 0.257 e. The first-order chi connectivity index (χ1) is 13.9. The second kappa shape index (κ2) is 9.15. The second-order valence-electron chi connectivity index (χ2n) is 7.36. The van der Waals surface area contributed by atoms with E-state index in [2.05, 4.69) is 29.5 Å². The molecule has 2 amide bonds. The average molecular weight is 387 g/mol. The Kier molecular flexibility index (Phi) is 6.39. The standard InChI is InChI=1S/C24H25N3O2/c1-16(2)19-8-10-22(11-9-19)27-24(29)21-12-20(14-25-15-21)23(28)26-13-18-6-4-17(3)5-7-18/h4-12,14-16H,13H2,1-3H3,(H,26,28)(H,27,29). The number of nitrogens with zero attached hydrogens (tertiary/aromatic N) is 1. The fourth-order valence-electron chi connectivity index (χ4n) is 2.83.